The highest BCUT2D eigenvalue weighted by molar-refractivity contribution is 7.89. The number of fused-ring (bicyclic) bond motifs is 2. The van der Waals surface area contributed by atoms with Crippen LogP contribution in [-0.4, -0.2) is 64.6 Å². The zero-order chi connectivity index (χ0) is 25.9. The second kappa shape index (κ2) is 8.78. The number of sulfonamides is 1. The third kappa shape index (κ3) is 4.62. The molecule has 5 rings (SSSR count). The number of nitrogens with one attached hydrogen (secondary N) is 3. The average Bonchev–Trinajstić information content (AvgIpc) is 3.10. The molecular formula is C22H25F3N6O3S2. The van der Waals surface area contributed by atoms with Gasteiger partial charge in [-0.1, -0.05) is 12.1 Å². The summed E-state index contributed by atoms with van der Waals surface area (Å²) in [5.41, 5.74) is 0.368. The predicted molar refractivity (Wildman–Crippen MR) is 131 cm³/mol. The summed E-state index contributed by atoms with van der Waals surface area (Å²) in [6.45, 7) is 1.88. The number of hydrogen-bond acceptors (Lipinski definition) is 9. The molecule has 0 spiro atoms. The Morgan fingerprint density at radius 1 is 1.19 bits per heavy atom. The minimum Gasteiger partial charge on any atom is -0.386 e. The van der Waals surface area contributed by atoms with Crippen LogP contribution in [0.15, 0.2) is 24.3 Å². The molecule has 4 unspecified atom stereocenters. The Morgan fingerprint density at radius 2 is 1.94 bits per heavy atom. The molecule has 2 saturated carbocycles. The lowest BCUT2D eigenvalue weighted by Crippen LogP contribution is -2.43. The first-order valence-electron chi connectivity index (χ1n) is 11.5. The maximum absolute atomic E-state index is 12.8. The van der Waals surface area contributed by atoms with E-state index in [1.165, 1.54) is 18.3 Å². The Balaban J connectivity index is 1.50. The van der Waals surface area contributed by atoms with Gasteiger partial charge in [-0.25, -0.2) is 23.1 Å². The van der Waals surface area contributed by atoms with Gasteiger partial charge in [0.25, 0.3) is 0 Å². The molecule has 194 valence electrons. The van der Waals surface area contributed by atoms with E-state index in [4.69, 9.17) is 0 Å². The number of para-hydroxylation sites is 1. The maximum Gasteiger partial charge on any atom is 0.405 e. The summed E-state index contributed by atoms with van der Waals surface area (Å²) < 4.78 is 66.1. The van der Waals surface area contributed by atoms with Gasteiger partial charge in [0.2, 0.25) is 16.0 Å². The van der Waals surface area contributed by atoms with E-state index >= 15 is 0 Å². The van der Waals surface area contributed by atoms with Crippen LogP contribution in [0.1, 0.15) is 25.5 Å². The summed E-state index contributed by atoms with van der Waals surface area (Å²) >= 11 is 1.40. The van der Waals surface area contributed by atoms with Gasteiger partial charge in [-0.15, -0.1) is 11.3 Å². The summed E-state index contributed by atoms with van der Waals surface area (Å²) in [5, 5.41) is 17.3. The van der Waals surface area contributed by atoms with E-state index in [9.17, 15) is 26.7 Å². The number of halogens is 3. The van der Waals surface area contributed by atoms with Crippen molar-refractivity contribution in [2.45, 2.75) is 50.6 Å². The molecule has 0 amide bonds. The Labute approximate surface area is 209 Å². The molecular weight excluding hydrogens is 517 g/mol. The quantitative estimate of drug-likeness (QED) is 0.341. The molecule has 0 radical (unpaired) electrons. The van der Waals surface area contributed by atoms with Crippen molar-refractivity contribution in [3.05, 3.63) is 30.0 Å². The lowest BCUT2D eigenvalue weighted by atomic mass is 10.1. The van der Waals surface area contributed by atoms with Crippen molar-refractivity contribution in [1.29, 1.82) is 0 Å². The number of hydrogen-bond donors (Lipinski definition) is 4. The van der Waals surface area contributed by atoms with Crippen molar-refractivity contribution in [3.8, 4) is 10.6 Å². The summed E-state index contributed by atoms with van der Waals surface area (Å²) in [5.74, 6) is -0.342. The van der Waals surface area contributed by atoms with Gasteiger partial charge in [-0.2, -0.15) is 18.2 Å². The first-order chi connectivity index (χ1) is 16.9. The number of alkyl halides is 3. The number of nitrogens with zero attached hydrogens (tertiary/aromatic N) is 3. The molecule has 4 atom stereocenters. The van der Waals surface area contributed by atoms with Gasteiger partial charge in [0.05, 0.1) is 39.3 Å². The number of rotatable bonds is 8. The van der Waals surface area contributed by atoms with E-state index in [0.29, 0.717) is 29.1 Å². The third-order valence-electron chi connectivity index (χ3n) is 6.75. The predicted octanol–water partition coefficient (Wildman–Crippen LogP) is 3.28. The largest absolute Gasteiger partial charge is 0.405 e. The normalized spacial score (nSPS) is 25.7. The van der Waals surface area contributed by atoms with E-state index in [1.807, 2.05) is 24.3 Å². The Hall–Kier alpha value is -2.55. The van der Waals surface area contributed by atoms with E-state index in [-0.39, 0.29) is 23.4 Å². The second-order valence-electron chi connectivity index (χ2n) is 9.08. The van der Waals surface area contributed by atoms with E-state index in [2.05, 4.69) is 30.3 Å². The molecule has 2 aromatic heterocycles. The molecule has 14 heteroatoms. The molecule has 36 heavy (non-hydrogen) atoms. The minimum atomic E-state index is -4.46. The zero-order valence-electron chi connectivity index (χ0n) is 19.4. The Bertz CT molecular complexity index is 1380. The van der Waals surface area contributed by atoms with Crippen LogP contribution < -0.4 is 15.4 Å². The van der Waals surface area contributed by atoms with Crippen LogP contribution in [0.4, 0.5) is 24.9 Å². The number of aryl methyl sites for hydroxylation is 1. The smallest absolute Gasteiger partial charge is 0.386 e. The fourth-order valence-corrected chi connectivity index (χ4v) is 6.86. The topological polar surface area (TPSA) is 129 Å². The maximum atomic E-state index is 12.8. The molecule has 0 aliphatic heterocycles. The average molecular weight is 543 g/mol. The summed E-state index contributed by atoms with van der Waals surface area (Å²) in [4.78, 5) is 13.2. The van der Waals surface area contributed by atoms with Crippen LogP contribution in [0.3, 0.4) is 0 Å². The molecule has 3 aromatic rings. The van der Waals surface area contributed by atoms with Crippen molar-refractivity contribution in [3.63, 3.8) is 0 Å². The third-order valence-corrected chi connectivity index (χ3v) is 9.18. The molecule has 1 aromatic carbocycles. The molecule has 0 saturated heterocycles. The number of anilines is 2. The molecule has 0 bridgehead atoms. The van der Waals surface area contributed by atoms with E-state index in [1.54, 1.807) is 6.92 Å². The minimum absolute atomic E-state index is 0.106. The van der Waals surface area contributed by atoms with Gasteiger partial charge >= 0.3 is 6.18 Å². The second-order valence-corrected chi connectivity index (χ2v) is 12.2. The SMILES string of the molecule is CCS(=O)(=O)NC1C2CCC(Nc3nc(NCC(F)(F)F)nc(C)c3-c3nc4ccccc4s3)C21O. The highest BCUT2D eigenvalue weighted by Crippen LogP contribution is 2.57. The van der Waals surface area contributed by atoms with Crippen molar-refractivity contribution in [2.75, 3.05) is 22.9 Å². The Kier molecular flexibility index (Phi) is 6.13. The lowest BCUT2D eigenvalue weighted by molar-refractivity contribution is -0.115. The van der Waals surface area contributed by atoms with Crippen LogP contribution in [-0.2, 0) is 10.0 Å². The lowest BCUT2D eigenvalue weighted by Gasteiger charge is -2.25. The summed E-state index contributed by atoms with van der Waals surface area (Å²) in [7, 11) is -3.52. The van der Waals surface area contributed by atoms with Crippen molar-refractivity contribution < 1.29 is 26.7 Å². The highest BCUT2D eigenvalue weighted by Gasteiger charge is 2.72. The standard InChI is InChI=1S/C22H25F3N6O3S2/c1-3-36(33,34)31-17-12-8-9-15(22(12,17)32)29-18-16(19-28-13-6-4-5-7-14(13)35-19)11(2)27-20(30-18)26-10-21(23,24)25/h4-7,12,15,17,31-32H,3,8-10H2,1-2H3,(H2,26,27,29,30). The monoisotopic (exact) mass is 542 g/mol. The van der Waals surface area contributed by atoms with Crippen LogP contribution in [0.2, 0.25) is 0 Å². The van der Waals surface area contributed by atoms with Crippen molar-refractivity contribution in [1.82, 2.24) is 19.7 Å². The molecule has 2 aliphatic carbocycles. The highest BCUT2D eigenvalue weighted by atomic mass is 32.2. The van der Waals surface area contributed by atoms with Gasteiger partial charge in [0.15, 0.2) is 0 Å². The number of aromatic nitrogens is 3. The van der Waals surface area contributed by atoms with Gasteiger partial charge < -0.3 is 15.7 Å². The molecule has 9 nitrogen and oxygen atoms in total. The molecule has 2 heterocycles. The van der Waals surface area contributed by atoms with Gasteiger partial charge in [0.1, 0.15) is 23.0 Å². The summed E-state index contributed by atoms with van der Waals surface area (Å²) in [6.07, 6.45) is -3.33. The van der Waals surface area contributed by atoms with Gasteiger partial charge in [-0.3, -0.25) is 0 Å². The summed E-state index contributed by atoms with van der Waals surface area (Å²) in [6, 6.07) is 6.32. The van der Waals surface area contributed by atoms with E-state index < -0.39 is 40.4 Å². The van der Waals surface area contributed by atoms with Gasteiger partial charge in [-0.05, 0) is 38.8 Å². The number of benzene rings is 1. The van der Waals surface area contributed by atoms with Crippen LogP contribution in [0.5, 0.6) is 0 Å². The first kappa shape index (κ1) is 25.1. The van der Waals surface area contributed by atoms with Crippen molar-refractivity contribution >= 4 is 43.3 Å². The fraction of sp³-hybridized carbons (Fsp3) is 0.500. The fourth-order valence-electron chi connectivity index (χ4n) is 4.89. The van der Waals surface area contributed by atoms with Crippen molar-refractivity contribution in [2.24, 2.45) is 5.92 Å². The van der Waals surface area contributed by atoms with E-state index in [0.717, 1.165) is 10.2 Å². The molecule has 2 fully saturated rings. The van der Waals surface area contributed by atoms with Gasteiger partial charge in [0, 0.05) is 5.92 Å². The van der Waals surface area contributed by atoms with Crippen LogP contribution >= 0.6 is 11.3 Å². The molecule has 2 aliphatic rings. The number of aliphatic hydroxyl groups is 1. The van der Waals surface area contributed by atoms with Crippen LogP contribution in [0.25, 0.3) is 20.8 Å². The number of thiazole rings is 1. The van der Waals surface area contributed by atoms with Crippen LogP contribution in [0, 0.1) is 12.8 Å². The Morgan fingerprint density at radius 3 is 2.64 bits per heavy atom. The first-order valence-corrected chi connectivity index (χ1v) is 13.9. The molecule has 4 N–H and O–H groups in total. The zero-order valence-corrected chi connectivity index (χ0v) is 21.1.